The van der Waals surface area contributed by atoms with Gasteiger partial charge in [0.05, 0.1) is 25.7 Å². The van der Waals surface area contributed by atoms with E-state index in [0.29, 0.717) is 35.2 Å². The van der Waals surface area contributed by atoms with E-state index in [1.807, 2.05) is 6.92 Å². The van der Waals surface area contributed by atoms with Crippen LogP contribution in [0.5, 0.6) is 17.2 Å². The minimum Gasteiger partial charge on any atom is -0.494 e. The van der Waals surface area contributed by atoms with Gasteiger partial charge in [-0.15, -0.1) is 0 Å². The quantitative estimate of drug-likeness (QED) is 0.255. The van der Waals surface area contributed by atoms with Crippen molar-refractivity contribution in [2.24, 2.45) is 0 Å². The number of rotatable bonds is 10. The Bertz CT molecular complexity index is 1370. The number of ether oxygens (including phenoxy) is 3. The third kappa shape index (κ3) is 7.95. The van der Waals surface area contributed by atoms with Crippen LogP contribution in [-0.2, 0) is 14.8 Å². The average molecular weight is 542 g/mol. The van der Waals surface area contributed by atoms with E-state index in [2.05, 4.69) is 15.4 Å². The number of nitrogens with one attached hydrogen (secondary N) is 3. The van der Waals surface area contributed by atoms with Crippen LogP contribution in [0.2, 0.25) is 0 Å². The second-order valence-electron chi connectivity index (χ2n) is 7.48. The standard InChI is InChI=1S/C26H27N3O6S2/c1-4-35-21-11-7-20(8-12-21)29-37(31,32)22-13-9-19(10-14-22)27-26(36)28-25(30)16-6-18-5-15-23(33-2)24(17-18)34-3/h5-17,29H,4H2,1-3H3,(H2,27,28,30,36). The summed E-state index contributed by atoms with van der Waals surface area (Å²) in [6.07, 6.45) is 2.94. The molecule has 3 rings (SSSR count). The number of carbonyl (C=O) groups excluding carboxylic acids is 1. The van der Waals surface area contributed by atoms with E-state index in [9.17, 15) is 13.2 Å². The fraction of sp³-hybridized carbons (Fsp3) is 0.154. The minimum atomic E-state index is -3.79. The van der Waals surface area contributed by atoms with Crippen molar-refractivity contribution >= 4 is 50.7 Å². The normalized spacial score (nSPS) is 11.0. The van der Waals surface area contributed by atoms with Gasteiger partial charge in [0.2, 0.25) is 5.91 Å². The van der Waals surface area contributed by atoms with Crippen molar-refractivity contribution in [1.29, 1.82) is 0 Å². The highest BCUT2D eigenvalue weighted by Crippen LogP contribution is 2.28. The van der Waals surface area contributed by atoms with Gasteiger partial charge < -0.3 is 19.5 Å². The lowest BCUT2D eigenvalue weighted by atomic mass is 10.2. The fourth-order valence-electron chi connectivity index (χ4n) is 3.16. The molecule has 0 aliphatic carbocycles. The fourth-order valence-corrected chi connectivity index (χ4v) is 4.44. The lowest BCUT2D eigenvalue weighted by Gasteiger charge is -2.11. The first-order valence-electron chi connectivity index (χ1n) is 11.1. The van der Waals surface area contributed by atoms with E-state index in [1.165, 1.54) is 25.3 Å². The highest BCUT2D eigenvalue weighted by molar-refractivity contribution is 7.92. The van der Waals surface area contributed by atoms with Gasteiger partial charge in [0.25, 0.3) is 10.0 Å². The molecule has 3 N–H and O–H groups in total. The van der Waals surface area contributed by atoms with Crippen LogP contribution in [0.15, 0.2) is 77.7 Å². The van der Waals surface area contributed by atoms with E-state index in [0.717, 1.165) is 5.56 Å². The molecule has 0 saturated heterocycles. The molecule has 0 aromatic heterocycles. The van der Waals surface area contributed by atoms with Crippen LogP contribution in [0.4, 0.5) is 11.4 Å². The molecule has 37 heavy (non-hydrogen) atoms. The third-order valence-corrected chi connectivity index (χ3v) is 6.51. The molecule has 0 saturated carbocycles. The molecule has 0 heterocycles. The van der Waals surface area contributed by atoms with Crippen LogP contribution < -0.4 is 29.6 Å². The number of sulfonamides is 1. The van der Waals surface area contributed by atoms with Gasteiger partial charge in [0.1, 0.15) is 5.75 Å². The second kappa shape index (κ2) is 12.7. The van der Waals surface area contributed by atoms with Gasteiger partial charge >= 0.3 is 0 Å². The van der Waals surface area contributed by atoms with Gasteiger partial charge in [-0.2, -0.15) is 0 Å². The van der Waals surface area contributed by atoms with Crippen LogP contribution in [0.3, 0.4) is 0 Å². The third-order valence-electron chi connectivity index (χ3n) is 4.91. The predicted octanol–water partition coefficient (Wildman–Crippen LogP) is 4.43. The summed E-state index contributed by atoms with van der Waals surface area (Å²) in [5.74, 6) is 1.34. The van der Waals surface area contributed by atoms with E-state index in [1.54, 1.807) is 67.8 Å². The average Bonchev–Trinajstić information content (AvgIpc) is 2.88. The molecule has 0 spiro atoms. The largest absolute Gasteiger partial charge is 0.494 e. The van der Waals surface area contributed by atoms with Gasteiger partial charge in [-0.1, -0.05) is 6.07 Å². The topological polar surface area (TPSA) is 115 Å². The number of hydrogen-bond donors (Lipinski definition) is 3. The molecule has 9 nitrogen and oxygen atoms in total. The number of carbonyl (C=O) groups is 1. The van der Waals surface area contributed by atoms with E-state index >= 15 is 0 Å². The van der Waals surface area contributed by atoms with Crippen LogP contribution >= 0.6 is 12.2 Å². The maximum absolute atomic E-state index is 12.7. The first-order chi connectivity index (χ1) is 17.7. The molecule has 11 heteroatoms. The second-order valence-corrected chi connectivity index (χ2v) is 9.57. The summed E-state index contributed by atoms with van der Waals surface area (Å²) in [4.78, 5) is 12.3. The summed E-state index contributed by atoms with van der Waals surface area (Å²) in [5, 5.41) is 5.45. The van der Waals surface area contributed by atoms with Crippen molar-refractivity contribution in [2.45, 2.75) is 11.8 Å². The Kier molecular flexibility index (Phi) is 9.47. The lowest BCUT2D eigenvalue weighted by Crippen LogP contribution is -2.32. The summed E-state index contributed by atoms with van der Waals surface area (Å²) in [6, 6.07) is 17.8. The van der Waals surface area contributed by atoms with E-state index in [4.69, 9.17) is 26.4 Å². The molecular formula is C26H27N3O6S2. The van der Waals surface area contributed by atoms with Gasteiger partial charge in [-0.3, -0.25) is 14.8 Å². The van der Waals surface area contributed by atoms with Crippen molar-refractivity contribution in [3.05, 3.63) is 78.4 Å². The Morgan fingerprint density at radius 3 is 2.19 bits per heavy atom. The molecule has 3 aromatic rings. The van der Waals surface area contributed by atoms with Crippen molar-refractivity contribution in [1.82, 2.24) is 5.32 Å². The summed E-state index contributed by atoms with van der Waals surface area (Å²) in [7, 11) is -0.720. The molecule has 3 aromatic carbocycles. The highest BCUT2D eigenvalue weighted by atomic mass is 32.2. The number of anilines is 2. The van der Waals surface area contributed by atoms with Crippen LogP contribution in [0, 0.1) is 0 Å². The molecule has 0 atom stereocenters. The maximum atomic E-state index is 12.7. The van der Waals surface area contributed by atoms with E-state index < -0.39 is 15.9 Å². The Hall–Kier alpha value is -4.09. The zero-order valence-electron chi connectivity index (χ0n) is 20.5. The zero-order chi connectivity index (χ0) is 26.8. The summed E-state index contributed by atoms with van der Waals surface area (Å²) >= 11 is 5.18. The van der Waals surface area contributed by atoms with Crippen LogP contribution in [-0.4, -0.2) is 40.3 Å². The number of thiocarbonyl (C=S) groups is 1. The minimum absolute atomic E-state index is 0.0603. The van der Waals surface area contributed by atoms with Crippen LogP contribution in [0.25, 0.3) is 6.08 Å². The smallest absolute Gasteiger partial charge is 0.261 e. The molecule has 0 bridgehead atoms. The Labute approximate surface area is 221 Å². The van der Waals surface area contributed by atoms with Crippen molar-refractivity contribution in [2.75, 3.05) is 30.9 Å². The van der Waals surface area contributed by atoms with Gasteiger partial charge in [-0.05, 0) is 91.4 Å². The Morgan fingerprint density at radius 1 is 0.919 bits per heavy atom. The van der Waals surface area contributed by atoms with Crippen molar-refractivity contribution < 1.29 is 27.4 Å². The van der Waals surface area contributed by atoms with Gasteiger partial charge in [-0.25, -0.2) is 8.42 Å². The predicted molar refractivity (Wildman–Crippen MR) is 148 cm³/mol. The molecular weight excluding hydrogens is 514 g/mol. The summed E-state index contributed by atoms with van der Waals surface area (Å²) in [5.41, 5.74) is 1.66. The molecule has 0 fully saturated rings. The van der Waals surface area contributed by atoms with Crippen molar-refractivity contribution in [3.8, 4) is 17.2 Å². The maximum Gasteiger partial charge on any atom is 0.261 e. The van der Waals surface area contributed by atoms with E-state index in [-0.39, 0.29) is 10.0 Å². The molecule has 0 radical (unpaired) electrons. The molecule has 0 unspecified atom stereocenters. The first kappa shape index (κ1) is 27.5. The molecule has 194 valence electrons. The Morgan fingerprint density at radius 2 is 1.57 bits per heavy atom. The molecule has 0 aliphatic rings. The lowest BCUT2D eigenvalue weighted by molar-refractivity contribution is -0.115. The Balaban J connectivity index is 1.55. The number of methoxy groups -OCH3 is 2. The van der Waals surface area contributed by atoms with Gasteiger partial charge in [0.15, 0.2) is 16.6 Å². The molecule has 1 amide bonds. The molecule has 0 aliphatic heterocycles. The summed E-state index contributed by atoms with van der Waals surface area (Å²) in [6.45, 7) is 2.39. The number of amides is 1. The van der Waals surface area contributed by atoms with Crippen LogP contribution in [0.1, 0.15) is 12.5 Å². The zero-order valence-corrected chi connectivity index (χ0v) is 22.1. The number of benzene rings is 3. The number of hydrogen-bond acceptors (Lipinski definition) is 7. The van der Waals surface area contributed by atoms with Crippen molar-refractivity contribution in [3.63, 3.8) is 0 Å². The monoisotopic (exact) mass is 541 g/mol. The van der Waals surface area contributed by atoms with Gasteiger partial charge in [0, 0.05) is 17.5 Å². The SMILES string of the molecule is CCOc1ccc(NS(=O)(=O)c2ccc(NC(=S)NC(=O)C=Cc3ccc(OC)c(OC)c3)cc2)cc1. The first-order valence-corrected chi connectivity index (χ1v) is 13.0. The highest BCUT2D eigenvalue weighted by Gasteiger charge is 2.14. The summed E-state index contributed by atoms with van der Waals surface area (Å²) < 4.78 is 43.7.